The normalized spacial score (nSPS) is 15.7. The maximum absolute atomic E-state index is 13.2. The number of nitrogens with zero attached hydrogens (tertiary/aromatic N) is 1. The smallest absolute Gasteiger partial charge is 0.341 e. The van der Waals surface area contributed by atoms with Gasteiger partial charge in [-0.2, -0.15) is 0 Å². The maximum atomic E-state index is 13.2. The number of nitro groups is 1. The van der Waals surface area contributed by atoms with Crippen LogP contribution in [0.15, 0.2) is 95.7 Å². The fourth-order valence-electron chi connectivity index (χ4n) is 3.70. The van der Waals surface area contributed by atoms with Crippen LogP contribution in [-0.4, -0.2) is 16.9 Å². The Balaban J connectivity index is 2.05. The highest BCUT2D eigenvalue weighted by Gasteiger charge is 2.38. The topological polar surface area (TPSA) is 108 Å². The molecular weight excluding hydrogens is 436 g/mol. The minimum absolute atomic E-state index is 0.132. The van der Waals surface area contributed by atoms with Crippen LogP contribution in [0.25, 0.3) is 6.08 Å². The van der Waals surface area contributed by atoms with Crippen LogP contribution in [0, 0.1) is 10.1 Å². The summed E-state index contributed by atoms with van der Waals surface area (Å²) in [5.41, 5.74) is 2.22. The van der Waals surface area contributed by atoms with Crippen LogP contribution in [0.4, 0.5) is 5.69 Å². The van der Waals surface area contributed by atoms with Crippen molar-refractivity contribution in [1.82, 2.24) is 5.32 Å². The first-order chi connectivity index (χ1) is 16.2. The number of nitrogens with one attached hydrogen (secondary N) is 1. The number of nitro benzene ring substituents is 1. The monoisotopic (exact) mass is 460 g/mol. The third kappa shape index (κ3) is 5.47. The molecule has 8 heteroatoms. The predicted octanol–water partition coefficient (Wildman–Crippen LogP) is 5.12. The van der Waals surface area contributed by atoms with Gasteiger partial charge in [-0.15, -0.1) is 0 Å². The van der Waals surface area contributed by atoms with Gasteiger partial charge < -0.3 is 14.8 Å². The van der Waals surface area contributed by atoms with Crippen LogP contribution in [0.1, 0.15) is 37.8 Å². The van der Waals surface area contributed by atoms with E-state index in [1.807, 2.05) is 30.3 Å². The lowest BCUT2D eigenvalue weighted by Gasteiger charge is -2.30. The van der Waals surface area contributed by atoms with E-state index in [0.29, 0.717) is 17.0 Å². The van der Waals surface area contributed by atoms with E-state index in [-0.39, 0.29) is 22.6 Å². The lowest BCUT2D eigenvalue weighted by atomic mass is 9.80. The summed E-state index contributed by atoms with van der Waals surface area (Å²) in [6.07, 6.45) is 2.89. The van der Waals surface area contributed by atoms with Gasteiger partial charge in [-0.05, 0) is 38.0 Å². The molecule has 1 aliphatic rings. The van der Waals surface area contributed by atoms with E-state index in [2.05, 4.69) is 11.9 Å². The van der Waals surface area contributed by atoms with E-state index >= 15 is 0 Å². The summed E-state index contributed by atoms with van der Waals surface area (Å²) in [5, 5.41) is 14.4. The van der Waals surface area contributed by atoms with Crippen LogP contribution in [0.3, 0.4) is 0 Å². The van der Waals surface area contributed by atoms with Crippen LogP contribution < -0.4 is 5.32 Å². The number of dihydropyridines is 1. The first-order valence-corrected chi connectivity index (χ1v) is 10.4. The molecule has 0 fully saturated rings. The number of hydrogen-bond donors (Lipinski definition) is 1. The molecule has 34 heavy (non-hydrogen) atoms. The summed E-state index contributed by atoms with van der Waals surface area (Å²) in [6.45, 7) is 8.46. The van der Waals surface area contributed by atoms with E-state index in [4.69, 9.17) is 9.47 Å². The van der Waals surface area contributed by atoms with Gasteiger partial charge in [-0.25, -0.2) is 9.59 Å². The SMILES string of the molecule is C=C(C)OC(=O)C1=C(C)NC(C)=C(C(=O)O/C=C/c2ccccc2)C1c1cccc([N+](=O)[O-])c1. The van der Waals surface area contributed by atoms with E-state index in [9.17, 15) is 19.7 Å². The average molecular weight is 460 g/mol. The summed E-state index contributed by atoms with van der Waals surface area (Å²) >= 11 is 0. The summed E-state index contributed by atoms with van der Waals surface area (Å²) in [7, 11) is 0. The molecule has 1 heterocycles. The number of benzene rings is 2. The van der Waals surface area contributed by atoms with Gasteiger partial charge in [-0.3, -0.25) is 10.1 Å². The minimum atomic E-state index is -0.953. The molecule has 0 saturated heterocycles. The van der Waals surface area contributed by atoms with E-state index in [1.54, 1.807) is 26.0 Å². The van der Waals surface area contributed by atoms with Gasteiger partial charge in [0.1, 0.15) is 0 Å². The zero-order valence-corrected chi connectivity index (χ0v) is 19.0. The lowest BCUT2D eigenvalue weighted by Crippen LogP contribution is -2.32. The first-order valence-electron chi connectivity index (χ1n) is 10.4. The van der Waals surface area contributed by atoms with Gasteiger partial charge in [0.25, 0.3) is 5.69 Å². The zero-order valence-electron chi connectivity index (χ0n) is 19.0. The molecular formula is C26H24N2O6. The molecule has 0 bridgehead atoms. The lowest BCUT2D eigenvalue weighted by molar-refractivity contribution is -0.384. The number of hydrogen-bond acceptors (Lipinski definition) is 7. The molecule has 0 radical (unpaired) electrons. The molecule has 0 saturated carbocycles. The van der Waals surface area contributed by atoms with Crippen molar-refractivity contribution in [1.29, 1.82) is 0 Å². The second-order valence-electron chi connectivity index (χ2n) is 7.70. The van der Waals surface area contributed by atoms with Crippen LogP contribution in [0.2, 0.25) is 0 Å². The van der Waals surface area contributed by atoms with Crippen molar-refractivity contribution in [3.05, 3.63) is 117 Å². The molecule has 2 aromatic carbocycles. The molecule has 1 atom stereocenters. The second-order valence-corrected chi connectivity index (χ2v) is 7.70. The minimum Gasteiger partial charge on any atom is -0.431 e. The Labute approximate surface area is 197 Å². The van der Waals surface area contributed by atoms with Crippen molar-refractivity contribution in [3.8, 4) is 0 Å². The number of non-ortho nitro benzene ring substituents is 1. The molecule has 0 aromatic heterocycles. The quantitative estimate of drug-likeness (QED) is 0.264. The summed E-state index contributed by atoms with van der Waals surface area (Å²) in [5.74, 6) is -2.21. The van der Waals surface area contributed by atoms with E-state index in [0.717, 1.165) is 5.56 Å². The molecule has 0 aliphatic carbocycles. The highest BCUT2D eigenvalue weighted by molar-refractivity contribution is 6.00. The fraction of sp³-hybridized carbons (Fsp3) is 0.154. The van der Waals surface area contributed by atoms with Gasteiger partial charge in [0.15, 0.2) is 0 Å². The third-order valence-electron chi connectivity index (χ3n) is 5.12. The van der Waals surface area contributed by atoms with Crippen LogP contribution in [-0.2, 0) is 19.1 Å². The zero-order chi connectivity index (χ0) is 24.8. The van der Waals surface area contributed by atoms with Crippen LogP contribution >= 0.6 is 0 Å². The fourth-order valence-corrected chi connectivity index (χ4v) is 3.70. The molecule has 1 N–H and O–H groups in total. The Hall–Kier alpha value is -4.46. The first kappa shape index (κ1) is 24.2. The van der Waals surface area contributed by atoms with Crippen LogP contribution in [0.5, 0.6) is 0 Å². The molecule has 8 nitrogen and oxygen atoms in total. The number of carbonyl (C=O) groups excluding carboxylic acids is 2. The molecule has 1 aliphatic heterocycles. The van der Waals surface area contributed by atoms with Crippen molar-refractivity contribution < 1.29 is 24.0 Å². The van der Waals surface area contributed by atoms with Gasteiger partial charge >= 0.3 is 11.9 Å². The Morgan fingerprint density at radius 1 is 1.03 bits per heavy atom. The standard InChI is InChI=1S/C26H24N2O6/c1-16(2)34-26(30)23-18(4)27-17(3)22(24(23)20-11-8-12-21(15-20)28(31)32)25(29)33-14-13-19-9-6-5-7-10-19/h5-15,24,27H,1H2,2-4H3/b14-13+. The second kappa shape index (κ2) is 10.4. The number of esters is 2. The van der Waals surface area contributed by atoms with E-state index < -0.39 is 22.8 Å². The Morgan fingerprint density at radius 2 is 1.68 bits per heavy atom. The van der Waals surface area contributed by atoms with E-state index in [1.165, 1.54) is 31.4 Å². The summed E-state index contributed by atoms with van der Waals surface area (Å²) in [4.78, 5) is 37.0. The van der Waals surface area contributed by atoms with Gasteiger partial charge in [0.05, 0.1) is 34.0 Å². The van der Waals surface area contributed by atoms with Crippen molar-refractivity contribution in [3.63, 3.8) is 0 Å². The molecule has 3 rings (SSSR count). The van der Waals surface area contributed by atoms with Crippen molar-refractivity contribution in [2.45, 2.75) is 26.7 Å². The number of carbonyl (C=O) groups is 2. The molecule has 174 valence electrons. The van der Waals surface area contributed by atoms with Crippen molar-refractivity contribution in [2.75, 3.05) is 0 Å². The average Bonchev–Trinajstić information content (AvgIpc) is 2.78. The molecule has 1 unspecified atom stereocenters. The van der Waals surface area contributed by atoms with Gasteiger partial charge in [0, 0.05) is 23.5 Å². The van der Waals surface area contributed by atoms with Crippen molar-refractivity contribution in [2.24, 2.45) is 0 Å². The van der Waals surface area contributed by atoms with Gasteiger partial charge in [-0.1, -0.05) is 49.0 Å². The number of rotatable bonds is 7. The number of ether oxygens (including phenoxy) is 2. The highest BCUT2D eigenvalue weighted by atomic mass is 16.6. The molecule has 0 amide bonds. The summed E-state index contributed by atoms with van der Waals surface area (Å²) in [6, 6.07) is 15.1. The largest absolute Gasteiger partial charge is 0.431 e. The predicted molar refractivity (Wildman–Crippen MR) is 127 cm³/mol. The molecule has 2 aromatic rings. The Morgan fingerprint density at radius 3 is 2.29 bits per heavy atom. The number of allylic oxidation sites excluding steroid dienone is 3. The maximum Gasteiger partial charge on any atom is 0.341 e. The highest BCUT2D eigenvalue weighted by Crippen LogP contribution is 2.40. The summed E-state index contributed by atoms with van der Waals surface area (Å²) < 4.78 is 10.6. The molecule has 0 spiro atoms. The Bertz CT molecular complexity index is 1240. The third-order valence-corrected chi connectivity index (χ3v) is 5.12. The van der Waals surface area contributed by atoms with Gasteiger partial charge in [0.2, 0.25) is 0 Å². The van der Waals surface area contributed by atoms with Crippen molar-refractivity contribution >= 4 is 23.7 Å². The Kier molecular flexibility index (Phi) is 7.43.